The molecule has 1 amide bonds. The van der Waals surface area contributed by atoms with E-state index in [0.29, 0.717) is 6.07 Å². The lowest BCUT2D eigenvalue weighted by Gasteiger charge is -2.13. The fourth-order valence-electron chi connectivity index (χ4n) is 1.29. The van der Waals surface area contributed by atoms with E-state index in [-0.39, 0.29) is 18.7 Å². The quantitative estimate of drug-likeness (QED) is 0.794. The molecule has 0 aromatic heterocycles. The maximum Gasteiger partial charge on any atom is 0.416 e. The van der Waals surface area contributed by atoms with Crippen LogP contribution in [-0.2, 0) is 17.5 Å². The third-order valence-corrected chi connectivity index (χ3v) is 1.99. The van der Waals surface area contributed by atoms with Gasteiger partial charge in [0.25, 0.3) is 0 Å². The highest BCUT2D eigenvalue weighted by Gasteiger charge is 2.33. The first kappa shape index (κ1) is 13.4. The monoisotopic (exact) mass is 250 g/mol. The van der Waals surface area contributed by atoms with Gasteiger partial charge in [-0.05, 0) is 17.7 Å². The van der Waals surface area contributed by atoms with Crippen molar-refractivity contribution in [3.8, 4) is 0 Å². The molecule has 94 valence electrons. The molecule has 0 aliphatic rings. The van der Waals surface area contributed by atoms with Crippen LogP contribution in [-0.4, -0.2) is 12.5 Å². The van der Waals surface area contributed by atoms with E-state index in [0.717, 1.165) is 12.1 Å². The zero-order valence-corrected chi connectivity index (χ0v) is 8.64. The predicted molar refractivity (Wildman–Crippen MR) is 52.3 cm³/mol. The second kappa shape index (κ2) is 5.13. The normalized spacial score (nSPS) is 11.5. The van der Waals surface area contributed by atoms with Gasteiger partial charge in [-0.2, -0.15) is 13.2 Å². The molecular weight excluding hydrogens is 240 g/mol. The van der Waals surface area contributed by atoms with Gasteiger partial charge in [0.15, 0.2) is 0 Å². The van der Waals surface area contributed by atoms with Crippen molar-refractivity contribution in [2.24, 2.45) is 5.73 Å². The molecule has 3 nitrogen and oxygen atoms in total. The molecule has 0 aliphatic carbocycles. The highest BCUT2D eigenvalue weighted by atomic mass is 19.4. The summed E-state index contributed by atoms with van der Waals surface area (Å²) < 4.78 is 50.3. The number of hydrogen-bond donors (Lipinski definition) is 2. The van der Waals surface area contributed by atoms with Gasteiger partial charge < -0.3 is 11.1 Å². The minimum absolute atomic E-state index is 0.139. The van der Waals surface area contributed by atoms with Gasteiger partial charge in [-0.3, -0.25) is 4.79 Å². The first-order chi connectivity index (χ1) is 7.80. The second-order valence-electron chi connectivity index (χ2n) is 3.37. The molecule has 17 heavy (non-hydrogen) atoms. The smallest absolute Gasteiger partial charge is 0.369 e. The van der Waals surface area contributed by atoms with Gasteiger partial charge in [0.2, 0.25) is 5.91 Å². The zero-order chi connectivity index (χ0) is 13.1. The Kier molecular flexibility index (Phi) is 4.06. The van der Waals surface area contributed by atoms with Crippen LogP contribution in [0.15, 0.2) is 18.2 Å². The Balaban J connectivity index is 2.87. The topological polar surface area (TPSA) is 55.1 Å². The number of nitrogens with one attached hydrogen (secondary N) is 1. The van der Waals surface area contributed by atoms with Crippen molar-refractivity contribution < 1.29 is 22.4 Å². The molecule has 0 aliphatic heterocycles. The minimum Gasteiger partial charge on any atom is -0.369 e. The minimum atomic E-state index is -4.63. The standard InChI is InChI=1S/C10H10F4N2O/c11-7-2-1-6(4-16-5-9(15)17)8(3-7)10(12,13)14/h1-3,16H,4-5H2,(H2,15,17). The Labute approximate surface area is 94.6 Å². The average molecular weight is 250 g/mol. The Morgan fingerprint density at radius 2 is 2.00 bits per heavy atom. The molecule has 0 atom stereocenters. The molecule has 0 fully saturated rings. The summed E-state index contributed by atoms with van der Waals surface area (Å²) in [6, 6.07) is 2.37. The molecule has 7 heteroatoms. The first-order valence-electron chi connectivity index (χ1n) is 4.65. The first-order valence-corrected chi connectivity index (χ1v) is 4.65. The largest absolute Gasteiger partial charge is 0.416 e. The van der Waals surface area contributed by atoms with E-state index in [1.807, 2.05) is 0 Å². The van der Waals surface area contributed by atoms with Crippen LogP contribution >= 0.6 is 0 Å². The molecule has 1 aromatic rings. The number of primary amides is 1. The Bertz CT molecular complexity index is 417. The highest BCUT2D eigenvalue weighted by molar-refractivity contribution is 5.75. The molecule has 3 N–H and O–H groups in total. The van der Waals surface area contributed by atoms with Crippen molar-refractivity contribution >= 4 is 5.91 Å². The summed E-state index contributed by atoms with van der Waals surface area (Å²) in [7, 11) is 0. The molecule has 0 saturated carbocycles. The lowest BCUT2D eigenvalue weighted by atomic mass is 10.1. The van der Waals surface area contributed by atoms with Crippen LogP contribution in [0, 0.1) is 5.82 Å². The van der Waals surface area contributed by atoms with Crippen molar-refractivity contribution in [2.45, 2.75) is 12.7 Å². The number of nitrogens with two attached hydrogens (primary N) is 1. The van der Waals surface area contributed by atoms with Crippen LogP contribution in [0.1, 0.15) is 11.1 Å². The van der Waals surface area contributed by atoms with Crippen LogP contribution in [0.3, 0.4) is 0 Å². The summed E-state index contributed by atoms with van der Waals surface area (Å²) >= 11 is 0. The number of rotatable bonds is 4. The van der Waals surface area contributed by atoms with E-state index >= 15 is 0 Å². The van der Waals surface area contributed by atoms with E-state index in [9.17, 15) is 22.4 Å². The van der Waals surface area contributed by atoms with Gasteiger partial charge in [-0.15, -0.1) is 0 Å². The predicted octanol–water partition coefficient (Wildman–Crippen LogP) is 1.42. The number of benzene rings is 1. The molecule has 0 bridgehead atoms. The van der Waals surface area contributed by atoms with E-state index in [1.165, 1.54) is 0 Å². The lowest BCUT2D eigenvalue weighted by molar-refractivity contribution is -0.138. The van der Waals surface area contributed by atoms with Crippen molar-refractivity contribution in [1.29, 1.82) is 0 Å². The number of hydrogen-bond acceptors (Lipinski definition) is 2. The summed E-state index contributed by atoms with van der Waals surface area (Å²) in [5.41, 5.74) is 3.62. The lowest BCUT2D eigenvalue weighted by Crippen LogP contribution is -2.28. The third-order valence-electron chi connectivity index (χ3n) is 1.99. The maximum atomic E-state index is 12.7. The van der Waals surface area contributed by atoms with E-state index in [1.54, 1.807) is 0 Å². The van der Waals surface area contributed by atoms with Gasteiger partial charge >= 0.3 is 6.18 Å². The molecule has 0 heterocycles. The summed E-state index contributed by atoms with van der Waals surface area (Å²) in [4.78, 5) is 10.4. The summed E-state index contributed by atoms with van der Waals surface area (Å²) in [5, 5.41) is 2.44. The summed E-state index contributed by atoms with van der Waals surface area (Å²) in [6.07, 6.45) is -4.63. The highest BCUT2D eigenvalue weighted by Crippen LogP contribution is 2.32. The Morgan fingerprint density at radius 3 is 2.53 bits per heavy atom. The number of alkyl halides is 3. The molecule has 1 aromatic carbocycles. The molecule has 0 radical (unpaired) electrons. The van der Waals surface area contributed by atoms with Gasteiger partial charge in [-0.1, -0.05) is 6.07 Å². The fourth-order valence-corrected chi connectivity index (χ4v) is 1.29. The number of halogens is 4. The van der Waals surface area contributed by atoms with Crippen molar-refractivity contribution in [3.05, 3.63) is 35.1 Å². The Hall–Kier alpha value is -1.63. The van der Waals surface area contributed by atoms with Crippen LogP contribution in [0.25, 0.3) is 0 Å². The van der Waals surface area contributed by atoms with Gasteiger partial charge in [0.1, 0.15) is 5.82 Å². The second-order valence-corrected chi connectivity index (χ2v) is 3.37. The molecule has 0 unspecified atom stereocenters. The van der Waals surface area contributed by atoms with Crippen LogP contribution < -0.4 is 11.1 Å². The SMILES string of the molecule is NC(=O)CNCc1ccc(F)cc1C(F)(F)F. The third kappa shape index (κ3) is 4.03. The maximum absolute atomic E-state index is 12.7. The van der Waals surface area contributed by atoms with E-state index in [2.05, 4.69) is 5.32 Å². The fraction of sp³-hybridized carbons (Fsp3) is 0.300. The average Bonchev–Trinajstić information content (AvgIpc) is 2.18. The molecule has 0 spiro atoms. The number of carbonyl (C=O) groups excluding carboxylic acids is 1. The zero-order valence-electron chi connectivity index (χ0n) is 8.64. The summed E-state index contributed by atoms with van der Waals surface area (Å²) in [6.45, 7) is -0.452. The van der Waals surface area contributed by atoms with Gasteiger partial charge in [0, 0.05) is 6.54 Å². The van der Waals surface area contributed by atoms with Crippen LogP contribution in [0.4, 0.5) is 17.6 Å². The van der Waals surface area contributed by atoms with Crippen LogP contribution in [0.5, 0.6) is 0 Å². The van der Waals surface area contributed by atoms with Gasteiger partial charge in [0.05, 0.1) is 12.1 Å². The molecular formula is C10H10F4N2O. The van der Waals surface area contributed by atoms with Crippen LogP contribution in [0.2, 0.25) is 0 Å². The molecule has 0 saturated heterocycles. The Morgan fingerprint density at radius 1 is 1.35 bits per heavy atom. The van der Waals surface area contributed by atoms with Gasteiger partial charge in [-0.25, -0.2) is 4.39 Å². The molecule has 1 rings (SSSR count). The van der Waals surface area contributed by atoms with E-state index in [4.69, 9.17) is 5.73 Å². The summed E-state index contributed by atoms with van der Waals surface area (Å²) in [5.74, 6) is -1.64. The van der Waals surface area contributed by atoms with Crippen molar-refractivity contribution in [1.82, 2.24) is 5.32 Å². The number of carbonyl (C=O) groups is 1. The van der Waals surface area contributed by atoms with Crippen molar-refractivity contribution in [3.63, 3.8) is 0 Å². The van der Waals surface area contributed by atoms with Crippen molar-refractivity contribution in [2.75, 3.05) is 6.54 Å². The number of amides is 1. The van der Waals surface area contributed by atoms with E-state index < -0.39 is 23.5 Å².